The van der Waals surface area contributed by atoms with Gasteiger partial charge in [-0.05, 0) is 11.6 Å². The second-order valence-electron chi connectivity index (χ2n) is 4.71. The predicted molar refractivity (Wildman–Crippen MR) is 74.8 cm³/mol. The molecule has 0 atom stereocenters. The molecule has 0 bridgehead atoms. The molecule has 0 aliphatic rings. The van der Waals surface area contributed by atoms with Crippen LogP contribution in [0.2, 0.25) is 0 Å². The van der Waals surface area contributed by atoms with E-state index in [0.717, 1.165) is 15.8 Å². The van der Waals surface area contributed by atoms with E-state index in [9.17, 15) is 18.0 Å². The molecular weight excluding hydrogens is 281 g/mol. The summed E-state index contributed by atoms with van der Waals surface area (Å²) in [5.74, 6) is -0.572. The van der Waals surface area contributed by atoms with Crippen LogP contribution in [0.15, 0.2) is 43.1 Å². The second kappa shape index (κ2) is 6.03. The largest absolute Gasteiger partial charge is 0.406 e. The van der Waals surface area contributed by atoms with Crippen molar-refractivity contribution in [2.24, 2.45) is 0 Å². The van der Waals surface area contributed by atoms with Crippen LogP contribution in [-0.4, -0.2) is 35.1 Å². The maximum Gasteiger partial charge on any atom is 0.406 e. The normalized spacial score (nSPS) is 11.6. The first-order valence-corrected chi connectivity index (χ1v) is 6.41. The molecule has 21 heavy (non-hydrogen) atoms. The van der Waals surface area contributed by atoms with Gasteiger partial charge in [0.05, 0.1) is 6.42 Å². The van der Waals surface area contributed by atoms with Crippen molar-refractivity contribution >= 4 is 16.8 Å². The molecule has 1 heterocycles. The number of alkyl halides is 3. The minimum Gasteiger partial charge on any atom is -0.361 e. The molecule has 0 saturated carbocycles. The quantitative estimate of drug-likeness (QED) is 0.844. The summed E-state index contributed by atoms with van der Waals surface area (Å²) >= 11 is 0. The Morgan fingerprint density at radius 3 is 2.71 bits per heavy atom. The Bertz CT molecular complexity index is 646. The van der Waals surface area contributed by atoms with E-state index in [1.807, 2.05) is 24.3 Å². The van der Waals surface area contributed by atoms with E-state index in [2.05, 4.69) is 11.6 Å². The van der Waals surface area contributed by atoms with Gasteiger partial charge >= 0.3 is 6.18 Å². The molecule has 3 nitrogen and oxygen atoms in total. The number of aromatic amines is 1. The van der Waals surface area contributed by atoms with Crippen LogP contribution in [0.25, 0.3) is 10.9 Å². The maximum absolute atomic E-state index is 12.5. The zero-order valence-electron chi connectivity index (χ0n) is 11.3. The molecule has 6 heteroatoms. The summed E-state index contributed by atoms with van der Waals surface area (Å²) in [5, 5.41) is 0.844. The highest BCUT2D eigenvalue weighted by Crippen LogP contribution is 2.20. The number of nitrogens with zero attached hydrogens (tertiary/aromatic N) is 1. The van der Waals surface area contributed by atoms with E-state index in [1.54, 1.807) is 6.20 Å². The van der Waals surface area contributed by atoms with Crippen LogP contribution in [0.1, 0.15) is 5.56 Å². The number of aromatic nitrogens is 1. The zero-order chi connectivity index (χ0) is 15.5. The van der Waals surface area contributed by atoms with Gasteiger partial charge < -0.3 is 9.88 Å². The summed E-state index contributed by atoms with van der Waals surface area (Å²) in [4.78, 5) is 15.8. The van der Waals surface area contributed by atoms with Gasteiger partial charge in [0, 0.05) is 23.6 Å². The fraction of sp³-hybridized carbons (Fsp3) is 0.267. The van der Waals surface area contributed by atoms with Crippen LogP contribution in [-0.2, 0) is 11.2 Å². The molecule has 0 aliphatic heterocycles. The van der Waals surface area contributed by atoms with Gasteiger partial charge in [-0.2, -0.15) is 13.2 Å². The Balaban J connectivity index is 2.16. The lowest BCUT2D eigenvalue weighted by Crippen LogP contribution is -2.39. The summed E-state index contributed by atoms with van der Waals surface area (Å²) in [6, 6.07) is 7.34. The first kappa shape index (κ1) is 15.2. The van der Waals surface area contributed by atoms with Crippen molar-refractivity contribution in [3.05, 3.63) is 48.7 Å². The lowest BCUT2D eigenvalue weighted by atomic mass is 10.1. The molecule has 0 radical (unpaired) electrons. The van der Waals surface area contributed by atoms with Crippen LogP contribution < -0.4 is 0 Å². The van der Waals surface area contributed by atoms with E-state index in [0.29, 0.717) is 5.56 Å². The Labute approximate surface area is 120 Å². The highest BCUT2D eigenvalue weighted by atomic mass is 19.4. The van der Waals surface area contributed by atoms with Gasteiger partial charge in [-0.3, -0.25) is 4.79 Å². The van der Waals surface area contributed by atoms with E-state index in [4.69, 9.17) is 0 Å². The highest BCUT2D eigenvalue weighted by molar-refractivity contribution is 5.88. The first-order chi connectivity index (χ1) is 9.90. The van der Waals surface area contributed by atoms with Crippen molar-refractivity contribution in [2.45, 2.75) is 12.6 Å². The van der Waals surface area contributed by atoms with Gasteiger partial charge in [0.1, 0.15) is 6.54 Å². The Hall–Kier alpha value is -2.24. The number of carbonyl (C=O) groups is 1. The van der Waals surface area contributed by atoms with Crippen LogP contribution in [0.5, 0.6) is 0 Å². The van der Waals surface area contributed by atoms with E-state index >= 15 is 0 Å². The average Bonchev–Trinajstić information content (AvgIpc) is 2.80. The van der Waals surface area contributed by atoms with Crippen molar-refractivity contribution in [3.63, 3.8) is 0 Å². The summed E-state index contributed by atoms with van der Waals surface area (Å²) in [6.45, 7) is 2.00. The molecule has 0 aliphatic carbocycles. The van der Waals surface area contributed by atoms with Gasteiger partial charge in [-0.25, -0.2) is 0 Å². The standard InChI is InChI=1S/C15H15F3N2O/c1-2-7-20(10-15(16,17)18)14(21)8-11-9-19-13-6-4-3-5-12(11)13/h2-6,9,19H,1,7-8,10H2. The molecule has 112 valence electrons. The fourth-order valence-electron chi connectivity index (χ4n) is 2.18. The minimum absolute atomic E-state index is 0.0755. The van der Waals surface area contributed by atoms with Gasteiger partial charge in [0.15, 0.2) is 0 Å². The van der Waals surface area contributed by atoms with Gasteiger partial charge in [0.25, 0.3) is 0 Å². The Morgan fingerprint density at radius 2 is 2.05 bits per heavy atom. The Morgan fingerprint density at radius 1 is 1.33 bits per heavy atom. The molecule has 0 spiro atoms. The lowest BCUT2D eigenvalue weighted by molar-refractivity contribution is -0.159. The molecule has 2 rings (SSSR count). The van der Waals surface area contributed by atoms with Crippen LogP contribution in [0.4, 0.5) is 13.2 Å². The predicted octanol–water partition coefficient (Wildman–Crippen LogP) is 3.29. The number of halogens is 3. The summed E-state index contributed by atoms with van der Waals surface area (Å²) in [6.07, 6.45) is -1.55. The number of carbonyl (C=O) groups excluding carboxylic acids is 1. The maximum atomic E-state index is 12.5. The van der Waals surface area contributed by atoms with Crippen LogP contribution in [0.3, 0.4) is 0 Å². The molecule has 0 fully saturated rings. The number of nitrogens with one attached hydrogen (secondary N) is 1. The molecule has 2 aromatic rings. The van der Waals surface area contributed by atoms with Gasteiger partial charge in [-0.15, -0.1) is 6.58 Å². The summed E-state index contributed by atoms with van der Waals surface area (Å²) in [7, 11) is 0. The molecule has 1 aromatic heterocycles. The molecule has 0 unspecified atom stereocenters. The monoisotopic (exact) mass is 296 g/mol. The van der Waals surface area contributed by atoms with E-state index in [-0.39, 0.29) is 13.0 Å². The second-order valence-corrected chi connectivity index (χ2v) is 4.71. The van der Waals surface area contributed by atoms with Crippen LogP contribution in [0, 0.1) is 0 Å². The number of rotatable bonds is 5. The smallest absolute Gasteiger partial charge is 0.361 e. The number of amides is 1. The Kier molecular flexibility index (Phi) is 4.35. The highest BCUT2D eigenvalue weighted by Gasteiger charge is 2.32. The molecule has 1 amide bonds. The first-order valence-electron chi connectivity index (χ1n) is 6.41. The molecule has 1 aromatic carbocycles. The van der Waals surface area contributed by atoms with Crippen molar-refractivity contribution in [1.29, 1.82) is 0 Å². The number of para-hydroxylation sites is 1. The van der Waals surface area contributed by atoms with Crippen molar-refractivity contribution < 1.29 is 18.0 Å². The third-order valence-corrected chi connectivity index (χ3v) is 3.09. The number of benzene rings is 1. The summed E-state index contributed by atoms with van der Waals surface area (Å²) in [5.41, 5.74) is 1.54. The van der Waals surface area contributed by atoms with Crippen LogP contribution >= 0.6 is 0 Å². The third kappa shape index (κ3) is 3.87. The zero-order valence-corrected chi connectivity index (χ0v) is 11.3. The number of fused-ring (bicyclic) bond motifs is 1. The van der Waals surface area contributed by atoms with E-state index in [1.165, 1.54) is 6.08 Å². The third-order valence-electron chi connectivity index (χ3n) is 3.09. The number of hydrogen-bond acceptors (Lipinski definition) is 1. The number of H-pyrrole nitrogens is 1. The molecular formula is C15H15F3N2O. The minimum atomic E-state index is -4.42. The average molecular weight is 296 g/mol. The topological polar surface area (TPSA) is 36.1 Å². The molecule has 0 saturated heterocycles. The van der Waals surface area contributed by atoms with Crippen molar-refractivity contribution in [2.75, 3.05) is 13.1 Å². The van der Waals surface area contributed by atoms with Gasteiger partial charge in [-0.1, -0.05) is 24.3 Å². The van der Waals surface area contributed by atoms with Gasteiger partial charge in [0.2, 0.25) is 5.91 Å². The van der Waals surface area contributed by atoms with Crippen molar-refractivity contribution in [1.82, 2.24) is 9.88 Å². The van der Waals surface area contributed by atoms with Crippen molar-refractivity contribution in [3.8, 4) is 0 Å². The lowest BCUT2D eigenvalue weighted by Gasteiger charge is -2.22. The number of hydrogen-bond donors (Lipinski definition) is 1. The molecule has 1 N–H and O–H groups in total. The van der Waals surface area contributed by atoms with E-state index < -0.39 is 18.6 Å². The SMILES string of the molecule is C=CCN(CC(F)(F)F)C(=O)Cc1c[nH]c2ccccc12. The fourth-order valence-corrected chi connectivity index (χ4v) is 2.18. The summed E-state index contributed by atoms with van der Waals surface area (Å²) < 4.78 is 37.5.